The fraction of sp³-hybridized carbons (Fsp3) is 0.625. The molecule has 1 aromatic carbocycles. The second-order valence-corrected chi connectivity index (χ2v) is 6.46. The molecule has 0 aliphatic carbocycles. The SMILES string of the molecule is CCC(c1cccc(Br)c1)N1CCCC(CNC)C1. The van der Waals surface area contributed by atoms with Gasteiger partial charge in [0, 0.05) is 17.1 Å². The predicted octanol–water partition coefficient (Wildman–Crippen LogP) is 3.83. The summed E-state index contributed by atoms with van der Waals surface area (Å²) in [5.41, 5.74) is 1.45. The van der Waals surface area contributed by atoms with Gasteiger partial charge in [0.05, 0.1) is 0 Å². The Hall–Kier alpha value is -0.380. The Morgan fingerprint density at radius 3 is 3.00 bits per heavy atom. The highest BCUT2D eigenvalue weighted by Crippen LogP contribution is 2.30. The van der Waals surface area contributed by atoms with E-state index in [1.54, 1.807) is 0 Å². The van der Waals surface area contributed by atoms with Crippen molar-refractivity contribution in [3.8, 4) is 0 Å². The maximum atomic E-state index is 3.59. The molecule has 2 atom stereocenters. The minimum absolute atomic E-state index is 0.567. The van der Waals surface area contributed by atoms with E-state index in [1.807, 2.05) is 0 Å². The van der Waals surface area contributed by atoms with Crippen LogP contribution >= 0.6 is 15.9 Å². The Bertz CT molecular complexity index is 392. The van der Waals surface area contributed by atoms with Crippen molar-refractivity contribution in [3.63, 3.8) is 0 Å². The van der Waals surface area contributed by atoms with Gasteiger partial charge in [0.15, 0.2) is 0 Å². The third-order valence-electron chi connectivity index (χ3n) is 4.10. The zero-order valence-corrected chi connectivity index (χ0v) is 13.6. The van der Waals surface area contributed by atoms with E-state index in [0.29, 0.717) is 6.04 Å². The van der Waals surface area contributed by atoms with Crippen LogP contribution < -0.4 is 5.32 Å². The molecule has 0 aromatic heterocycles. The van der Waals surface area contributed by atoms with E-state index in [-0.39, 0.29) is 0 Å². The quantitative estimate of drug-likeness (QED) is 0.885. The molecule has 1 aliphatic rings. The summed E-state index contributed by atoms with van der Waals surface area (Å²) in [6, 6.07) is 9.36. The van der Waals surface area contributed by atoms with Crippen molar-refractivity contribution in [3.05, 3.63) is 34.3 Å². The van der Waals surface area contributed by atoms with E-state index < -0.39 is 0 Å². The first-order chi connectivity index (χ1) is 9.24. The van der Waals surface area contributed by atoms with Crippen LogP contribution in [0.25, 0.3) is 0 Å². The lowest BCUT2D eigenvalue weighted by atomic mass is 9.94. The predicted molar refractivity (Wildman–Crippen MR) is 85.4 cm³/mol. The molecule has 1 N–H and O–H groups in total. The molecule has 3 heteroatoms. The summed E-state index contributed by atoms with van der Waals surface area (Å²) in [6.45, 7) is 5.91. The number of likely N-dealkylation sites (tertiary alicyclic amines) is 1. The summed E-state index contributed by atoms with van der Waals surface area (Å²) in [4.78, 5) is 2.67. The molecular weight excluding hydrogens is 300 g/mol. The van der Waals surface area contributed by atoms with Gasteiger partial charge in [-0.1, -0.05) is 35.0 Å². The molecule has 0 amide bonds. The number of halogens is 1. The van der Waals surface area contributed by atoms with Crippen LogP contribution in [0.2, 0.25) is 0 Å². The third-order valence-corrected chi connectivity index (χ3v) is 4.60. The topological polar surface area (TPSA) is 15.3 Å². The lowest BCUT2D eigenvalue weighted by Gasteiger charge is -2.38. The smallest absolute Gasteiger partial charge is 0.0346 e. The molecule has 19 heavy (non-hydrogen) atoms. The fourth-order valence-corrected chi connectivity index (χ4v) is 3.67. The highest BCUT2D eigenvalue weighted by atomic mass is 79.9. The lowest BCUT2D eigenvalue weighted by Crippen LogP contribution is -2.41. The van der Waals surface area contributed by atoms with Crippen LogP contribution in [0.4, 0.5) is 0 Å². The van der Waals surface area contributed by atoms with Crippen LogP contribution in [0.3, 0.4) is 0 Å². The molecule has 1 aliphatic heterocycles. The minimum Gasteiger partial charge on any atom is -0.319 e. The van der Waals surface area contributed by atoms with E-state index >= 15 is 0 Å². The number of nitrogens with zero attached hydrogens (tertiary/aromatic N) is 1. The molecule has 2 unspecified atom stereocenters. The zero-order valence-electron chi connectivity index (χ0n) is 12.0. The molecule has 1 fully saturated rings. The van der Waals surface area contributed by atoms with E-state index in [9.17, 15) is 0 Å². The summed E-state index contributed by atoms with van der Waals surface area (Å²) >= 11 is 3.59. The second-order valence-electron chi connectivity index (χ2n) is 5.54. The highest BCUT2D eigenvalue weighted by molar-refractivity contribution is 9.10. The number of rotatable bonds is 5. The van der Waals surface area contributed by atoms with Crippen molar-refractivity contribution in [2.75, 3.05) is 26.7 Å². The molecule has 106 valence electrons. The Morgan fingerprint density at radius 1 is 1.47 bits per heavy atom. The van der Waals surface area contributed by atoms with Crippen LogP contribution in [-0.2, 0) is 0 Å². The largest absolute Gasteiger partial charge is 0.319 e. The summed E-state index contributed by atoms with van der Waals surface area (Å²) in [6.07, 6.45) is 3.88. The van der Waals surface area contributed by atoms with Crippen molar-refractivity contribution in [2.24, 2.45) is 5.92 Å². The van der Waals surface area contributed by atoms with Gasteiger partial charge in [-0.2, -0.15) is 0 Å². The molecular formula is C16H25BrN2. The molecule has 0 saturated carbocycles. The molecule has 1 saturated heterocycles. The van der Waals surface area contributed by atoms with Crippen molar-refractivity contribution >= 4 is 15.9 Å². The highest BCUT2D eigenvalue weighted by Gasteiger charge is 2.25. The van der Waals surface area contributed by atoms with Crippen molar-refractivity contribution < 1.29 is 0 Å². The summed E-state index contributed by atoms with van der Waals surface area (Å²) in [7, 11) is 2.06. The normalized spacial score (nSPS) is 22.4. The maximum absolute atomic E-state index is 3.59. The van der Waals surface area contributed by atoms with Gasteiger partial charge in [0.1, 0.15) is 0 Å². The van der Waals surface area contributed by atoms with Crippen LogP contribution in [0.5, 0.6) is 0 Å². The first-order valence-corrected chi connectivity index (χ1v) is 8.18. The monoisotopic (exact) mass is 324 g/mol. The molecule has 1 heterocycles. The molecule has 1 aromatic rings. The average Bonchev–Trinajstić information content (AvgIpc) is 2.41. The number of nitrogens with one attached hydrogen (secondary N) is 1. The van der Waals surface area contributed by atoms with Gasteiger partial charge in [0.25, 0.3) is 0 Å². The molecule has 0 bridgehead atoms. The van der Waals surface area contributed by atoms with Crippen molar-refractivity contribution in [1.82, 2.24) is 10.2 Å². The molecule has 2 nitrogen and oxygen atoms in total. The van der Waals surface area contributed by atoms with Crippen LogP contribution in [0.15, 0.2) is 28.7 Å². The van der Waals surface area contributed by atoms with E-state index in [4.69, 9.17) is 0 Å². The third kappa shape index (κ3) is 4.04. The first kappa shape index (κ1) is 15.0. The van der Waals surface area contributed by atoms with Crippen LogP contribution in [-0.4, -0.2) is 31.6 Å². The molecule has 2 rings (SSSR count). The molecule has 0 radical (unpaired) electrons. The van der Waals surface area contributed by atoms with Crippen molar-refractivity contribution in [1.29, 1.82) is 0 Å². The van der Waals surface area contributed by atoms with Gasteiger partial charge >= 0.3 is 0 Å². The Labute approximate surface area is 125 Å². The van der Waals surface area contributed by atoms with Gasteiger partial charge in [0.2, 0.25) is 0 Å². The van der Waals surface area contributed by atoms with Gasteiger partial charge in [-0.25, -0.2) is 0 Å². The van der Waals surface area contributed by atoms with Gasteiger partial charge < -0.3 is 5.32 Å². The second kappa shape index (κ2) is 7.41. The molecule has 0 spiro atoms. The lowest BCUT2D eigenvalue weighted by molar-refractivity contribution is 0.119. The number of benzene rings is 1. The first-order valence-electron chi connectivity index (χ1n) is 7.38. The van der Waals surface area contributed by atoms with Gasteiger partial charge in [-0.05, 0) is 63.0 Å². The number of piperidine rings is 1. The standard InChI is InChI=1S/C16H25BrN2/c1-3-16(14-7-4-8-15(17)10-14)19-9-5-6-13(12-19)11-18-2/h4,7-8,10,13,16,18H,3,5-6,9,11-12H2,1-2H3. The zero-order chi connectivity index (χ0) is 13.7. The van der Waals surface area contributed by atoms with Gasteiger partial charge in [-0.3, -0.25) is 4.90 Å². The summed E-state index contributed by atoms with van der Waals surface area (Å²) < 4.78 is 1.19. The Balaban J connectivity index is 2.08. The maximum Gasteiger partial charge on any atom is 0.0346 e. The van der Waals surface area contributed by atoms with Crippen LogP contribution in [0.1, 0.15) is 37.8 Å². The van der Waals surface area contributed by atoms with E-state index in [1.165, 1.54) is 42.4 Å². The number of hydrogen-bond acceptors (Lipinski definition) is 2. The minimum atomic E-state index is 0.567. The van der Waals surface area contributed by atoms with Crippen LogP contribution in [0, 0.1) is 5.92 Å². The van der Waals surface area contributed by atoms with Crippen molar-refractivity contribution in [2.45, 2.75) is 32.2 Å². The van der Waals surface area contributed by atoms with E-state index in [0.717, 1.165) is 12.5 Å². The fourth-order valence-electron chi connectivity index (χ4n) is 3.25. The Kier molecular flexibility index (Phi) is 5.86. The Morgan fingerprint density at radius 2 is 2.32 bits per heavy atom. The number of hydrogen-bond donors (Lipinski definition) is 1. The van der Waals surface area contributed by atoms with E-state index in [2.05, 4.69) is 64.4 Å². The summed E-state index contributed by atoms with van der Waals surface area (Å²) in [5.74, 6) is 0.806. The van der Waals surface area contributed by atoms with Gasteiger partial charge in [-0.15, -0.1) is 0 Å². The average molecular weight is 325 g/mol. The summed E-state index contributed by atoms with van der Waals surface area (Å²) in [5, 5.41) is 3.33.